The van der Waals surface area contributed by atoms with Crippen molar-refractivity contribution in [2.24, 2.45) is 5.92 Å². The van der Waals surface area contributed by atoms with Crippen LogP contribution in [0.1, 0.15) is 39.0 Å². The van der Waals surface area contributed by atoms with Crippen molar-refractivity contribution in [3.8, 4) is 5.75 Å². The van der Waals surface area contributed by atoms with Crippen LogP contribution in [0, 0.1) is 5.92 Å². The molecule has 1 amide bonds. The van der Waals surface area contributed by atoms with Gasteiger partial charge in [0.25, 0.3) is 0 Å². The summed E-state index contributed by atoms with van der Waals surface area (Å²) in [5, 5.41) is 3.03. The Morgan fingerprint density at radius 2 is 2.14 bits per heavy atom. The first-order valence-corrected chi connectivity index (χ1v) is 8.65. The van der Waals surface area contributed by atoms with Crippen LogP contribution in [0.15, 0.2) is 29.2 Å². The van der Waals surface area contributed by atoms with Crippen LogP contribution in [0.25, 0.3) is 0 Å². The molecule has 1 unspecified atom stereocenters. The van der Waals surface area contributed by atoms with Crippen molar-refractivity contribution < 1.29 is 9.53 Å². The molecule has 0 bridgehead atoms. The van der Waals surface area contributed by atoms with Gasteiger partial charge in [0.05, 0.1) is 12.4 Å². The molecule has 0 heterocycles. The normalized spacial score (nSPS) is 17.2. The molecule has 1 fully saturated rings. The van der Waals surface area contributed by atoms with Crippen molar-refractivity contribution in [3.05, 3.63) is 24.3 Å². The Balaban J connectivity index is 1.78. The van der Waals surface area contributed by atoms with E-state index in [0.29, 0.717) is 5.92 Å². The van der Waals surface area contributed by atoms with Gasteiger partial charge in [0.2, 0.25) is 5.91 Å². The van der Waals surface area contributed by atoms with Gasteiger partial charge in [-0.25, -0.2) is 0 Å². The highest BCUT2D eigenvalue weighted by atomic mass is 32.2. The fourth-order valence-electron chi connectivity index (χ4n) is 2.71. The van der Waals surface area contributed by atoms with E-state index in [9.17, 15) is 4.79 Å². The summed E-state index contributed by atoms with van der Waals surface area (Å²) in [7, 11) is 1.66. The number of carbonyl (C=O) groups is 1. The molecule has 1 N–H and O–H groups in total. The highest BCUT2D eigenvalue weighted by Gasteiger charge is 2.18. The molecule has 1 aromatic rings. The van der Waals surface area contributed by atoms with Gasteiger partial charge in [0, 0.05) is 11.4 Å². The number of amides is 1. The maximum absolute atomic E-state index is 12.2. The van der Waals surface area contributed by atoms with Crippen molar-refractivity contribution in [1.82, 2.24) is 5.32 Å². The standard InChI is InChI=1S/C17H25NO2S/c1-13(21-16-10-6-9-15(11-16)20-2)17(19)18-12-14-7-4-3-5-8-14/h6,9-11,13-14H,3-5,7-8,12H2,1-2H3,(H,18,19). The minimum atomic E-state index is -0.0827. The molecule has 3 nitrogen and oxygen atoms in total. The highest BCUT2D eigenvalue weighted by molar-refractivity contribution is 8.00. The molecule has 0 aliphatic heterocycles. The lowest BCUT2D eigenvalue weighted by atomic mass is 9.89. The third-order valence-electron chi connectivity index (χ3n) is 4.01. The van der Waals surface area contributed by atoms with Crippen LogP contribution in [-0.2, 0) is 4.79 Å². The topological polar surface area (TPSA) is 38.3 Å². The average Bonchev–Trinajstić information content (AvgIpc) is 2.53. The van der Waals surface area contributed by atoms with Gasteiger partial charge < -0.3 is 10.1 Å². The Bertz CT molecular complexity index is 458. The monoisotopic (exact) mass is 307 g/mol. The van der Waals surface area contributed by atoms with E-state index in [4.69, 9.17) is 4.74 Å². The Morgan fingerprint density at radius 3 is 2.86 bits per heavy atom. The Hall–Kier alpha value is -1.16. The summed E-state index contributed by atoms with van der Waals surface area (Å²) in [4.78, 5) is 13.2. The van der Waals surface area contributed by atoms with Gasteiger partial charge in [-0.15, -0.1) is 11.8 Å². The predicted octanol–water partition coefficient (Wildman–Crippen LogP) is 3.87. The minimum absolute atomic E-state index is 0.0827. The molecular formula is C17H25NO2S. The molecule has 0 radical (unpaired) electrons. The molecule has 1 aromatic carbocycles. The first kappa shape index (κ1) is 16.2. The van der Waals surface area contributed by atoms with Crippen molar-refractivity contribution in [3.63, 3.8) is 0 Å². The van der Waals surface area contributed by atoms with Gasteiger partial charge in [-0.2, -0.15) is 0 Å². The maximum Gasteiger partial charge on any atom is 0.233 e. The van der Waals surface area contributed by atoms with E-state index < -0.39 is 0 Å². The third kappa shape index (κ3) is 5.27. The van der Waals surface area contributed by atoms with Crippen molar-refractivity contribution in [1.29, 1.82) is 0 Å². The first-order valence-electron chi connectivity index (χ1n) is 7.77. The predicted molar refractivity (Wildman–Crippen MR) is 87.9 cm³/mol. The fraction of sp³-hybridized carbons (Fsp3) is 0.588. The Labute approximate surface area is 131 Å². The lowest BCUT2D eigenvalue weighted by molar-refractivity contribution is -0.120. The van der Waals surface area contributed by atoms with Crippen LogP contribution < -0.4 is 10.1 Å². The second-order valence-electron chi connectivity index (χ2n) is 5.69. The first-order chi connectivity index (χ1) is 10.2. The zero-order valence-corrected chi connectivity index (χ0v) is 13.7. The molecule has 1 atom stereocenters. The van der Waals surface area contributed by atoms with Crippen LogP contribution in [-0.4, -0.2) is 24.8 Å². The summed E-state index contributed by atoms with van der Waals surface area (Å²) in [5.41, 5.74) is 0. The molecular weight excluding hydrogens is 282 g/mol. The van der Waals surface area contributed by atoms with Crippen molar-refractivity contribution in [2.45, 2.75) is 49.2 Å². The number of thioether (sulfide) groups is 1. The Morgan fingerprint density at radius 1 is 1.38 bits per heavy atom. The summed E-state index contributed by atoms with van der Waals surface area (Å²) < 4.78 is 5.21. The summed E-state index contributed by atoms with van der Waals surface area (Å²) in [5.74, 6) is 1.64. The quantitative estimate of drug-likeness (QED) is 0.811. The molecule has 4 heteroatoms. The SMILES string of the molecule is COc1cccc(SC(C)C(=O)NCC2CCCCC2)c1. The highest BCUT2D eigenvalue weighted by Crippen LogP contribution is 2.27. The Kier molecular flexibility index (Phi) is 6.43. The molecule has 0 spiro atoms. The van der Waals surface area contributed by atoms with E-state index in [1.807, 2.05) is 31.2 Å². The zero-order chi connectivity index (χ0) is 15.1. The fourth-order valence-corrected chi connectivity index (χ4v) is 3.65. The van der Waals surface area contributed by atoms with Crippen LogP contribution in [0.2, 0.25) is 0 Å². The van der Waals surface area contributed by atoms with Crippen LogP contribution in [0.4, 0.5) is 0 Å². The summed E-state index contributed by atoms with van der Waals surface area (Å²) >= 11 is 1.58. The smallest absolute Gasteiger partial charge is 0.233 e. The number of hydrogen-bond donors (Lipinski definition) is 1. The average molecular weight is 307 g/mol. The zero-order valence-electron chi connectivity index (χ0n) is 12.9. The van der Waals surface area contributed by atoms with E-state index in [0.717, 1.165) is 17.2 Å². The molecule has 1 saturated carbocycles. The van der Waals surface area contributed by atoms with Crippen LogP contribution in [0.3, 0.4) is 0 Å². The molecule has 0 saturated heterocycles. The lowest BCUT2D eigenvalue weighted by Gasteiger charge is -2.22. The molecule has 116 valence electrons. The van der Waals surface area contributed by atoms with E-state index in [1.54, 1.807) is 18.9 Å². The largest absolute Gasteiger partial charge is 0.497 e. The van der Waals surface area contributed by atoms with Gasteiger partial charge in [0.15, 0.2) is 0 Å². The van der Waals surface area contributed by atoms with Gasteiger partial charge in [0.1, 0.15) is 5.75 Å². The van der Waals surface area contributed by atoms with E-state index >= 15 is 0 Å². The number of rotatable bonds is 6. The molecule has 2 rings (SSSR count). The number of benzene rings is 1. The number of hydrogen-bond acceptors (Lipinski definition) is 3. The minimum Gasteiger partial charge on any atom is -0.497 e. The number of carbonyl (C=O) groups excluding carboxylic acids is 1. The molecule has 1 aliphatic rings. The van der Waals surface area contributed by atoms with Gasteiger partial charge in [-0.1, -0.05) is 25.3 Å². The molecule has 21 heavy (non-hydrogen) atoms. The third-order valence-corrected chi connectivity index (χ3v) is 5.11. The number of methoxy groups -OCH3 is 1. The van der Waals surface area contributed by atoms with Crippen LogP contribution in [0.5, 0.6) is 5.75 Å². The summed E-state index contributed by atoms with van der Waals surface area (Å²) in [6.07, 6.45) is 6.51. The van der Waals surface area contributed by atoms with E-state index in [-0.39, 0.29) is 11.2 Å². The van der Waals surface area contributed by atoms with Crippen molar-refractivity contribution >= 4 is 17.7 Å². The van der Waals surface area contributed by atoms with Gasteiger partial charge in [-0.05, 0) is 43.9 Å². The van der Waals surface area contributed by atoms with Gasteiger partial charge >= 0.3 is 0 Å². The van der Waals surface area contributed by atoms with E-state index in [1.165, 1.54) is 32.1 Å². The summed E-state index contributed by atoms with van der Waals surface area (Å²) in [6.45, 7) is 2.79. The van der Waals surface area contributed by atoms with Crippen molar-refractivity contribution in [2.75, 3.05) is 13.7 Å². The van der Waals surface area contributed by atoms with Crippen LogP contribution >= 0.6 is 11.8 Å². The second kappa shape index (κ2) is 8.32. The van der Waals surface area contributed by atoms with E-state index in [2.05, 4.69) is 5.32 Å². The molecule has 1 aliphatic carbocycles. The summed E-state index contributed by atoms with van der Waals surface area (Å²) in [6, 6.07) is 7.85. The maximum atomic E-state index is 12.2. The lowest BCUT2D eigenvalue weighted by Crippen LogP contribution is -2.35. The second-order valence-corrected chi connectivity index (χ2v) is 7.10. The number of nitrogens with one attached hydrogen (secondary N) is 1. The van der Waals surface area contributed by atoms with Gasteiger partial charge in [-0.3, -0.25) is 4.79 Å². The number of ether oxygens (including phenoxy) is 1. The molecule has 0 aromatic heterocycles.